The lowest BCUT2D eigenvalue weighted by atomic mass is 9.85. The summed E-state index contributed by atoms with van der Waals surface area (Å²) in [6.07, 6.45) is 5.58. The molecule has 1 aromatic carbocycles. The van der Waals surface area contributed by atoms with Crippen molar-refractivity contribution in [2.75, 3.05) is 26.2 Å². The molecule has 0 saturated carbocycles. The molecule has 1 fully saturated rings. The van der Waals surface area contributed by atoms with E-state index in [4.69, 9.17) is 11.6 Å². The second kappa shape index (κ2) is 10.3. The number of urea groups is 1. The number of rotatable bonds is 3. The first-order valence-electron chi connectivity index (χ1n) is 13.4. The smallest absolute Gasteiger partial charge is 0.318 e. The van der Waals surface area contributed by atoms with Crippen molar-refractivity contribution in [3.05, 3.63) is 45.0 Å². The number of aliphatic imine (C=N–C) groups is 2. The lowest BCUT2D eigenvalue weighted by Gasteiger charge is -2.35. The number of nitrogens with zero attached hydrogens (tertiary/aromatic N) is 4. The van der Waals surface area contributed by atoms with Crippen LogP contribution in [0.2, 0.25) is 5.02 Å². The van der Waals surface area contributed by atoms with Crippen LogP contribution >= 0.6 is 11.6 Å². The van der Waals surface area contributed by atoms with Gasteiger partial charge in [0.05, 0.1) is 6.54 Å². The third-order valence-electron chi connectivity index (χ3n) is 7.82. The van der Waals surface area contributed by atoms with E-state index in [-0.39, 0.29) is 35.6 Å². The molecule has 4 aliphatic heterocycles. The molecule has 0 aliphatic carbocycles. The quantitative estimate of drug-likeness (QED) is 0.632. The number of halogens is 1. The fraction of sp³-hybridized carbons (Fsp3) is 0.552. The third kappa shape index (κ3) is 5.41. The van der Waals surface area contributed by atoms with E-state index in [1.54, 1.807) is 4.90 Å². The molecule has 0 unspecified atom stereocenters. The van der Waals surface area contributed by atoms with Gasteiger partial charge in [-0.3, -0.25) is 19.6 Å². The van der Waals surface area contributed by atoms with E-state index in [1.165, 1.54) is 0 Å². The molecule has 0 aromatic heterocycles. The number of carbonyl (C=O) groups is 3. The van der Waals surface area contributed by atoms with Crippen molar-refractivity contribution in [3.8, 4) is 0 Å². The Morgan fingerprint density at radius 2 is 1.89 bits per heavy atom. The minimum absolute atomic E-state index is 0.0770. The van der Waals surface area contributed by atoms with Crippen LogP contribution in [-0.2, 0) is 29.1 Å². The van der Waals surface area contributed by atoms with Crippen LogP contribution in [0.25, 0.3) is 0 Å². The molecule has 4 heterocycles. The fourth-order valence-corrected chi connectivity index (χ4v) is 6.25. The molecule has 38 heavy (non-hydrogen) atoms. The Labute approximate surface area is 229 Å². The van der Waals surface area contributed by atoms with Gasteiger partial charge in [-0.25, -0.2) is 4.79 Å². The third-order valence-corrected chi connectivity index (χ3v) is 8.16. The predicted octanol–water partition coefficient (Wildman–Crippen LogP) is 3.96. The maximum Gasteiger partial charge on any atom is 0.318 e. The summed E-state index contributed by atoms with van der Waals surface area (Å²) in [4.78, 5) is 51.8. The SMILES string of the molecule is CC1=NCC(=O)C(C2CCN(C(=O)N[C@H]3Cc4cc(Cl)c5c(c4CN(CC(C)(C)C)C3=O)C=NC5)CC2)=C1. The van der Waals surface area contributed by atoms with Gasteiger partial charge < -0.3 is 15.1 Å². The Morgan fingerprint density at radius 1 is 1.16 bits per heavy atom. The van der Waals surface area contributed by atoms with Crippen molar-refractivity contribution in [1.29, 1.82) is 0 Å². The van der Waals surface area contributed by atoms with Gasteiger partial charge in [0.1, 0.15) is 12.6 Å². The molecule has 1 aromatic rings. The van der Waals surface area contributed by atoms with Crippen LogP contribution in [0.5, 0.6) is 0 Å². The van der Waals surface area contributed by atoms with Gasteiger partial charge in [0.2, 0.25) is 5.91 Å². The highest BCUT2D eigenvalue weighted by molar-refractivity contribution is 6.32. The molecule has 0 radical (unpaired) electrons. The van der Waals surface area contributed by atoms with Crippen LogP contribution in [0.15, 0.2) is 27.7 Å². The maximum absolute atomic E-state index is 13.8. The molecule has 1 atom stereocenters. The number of hydrogen-bond donors (Lipinski definition) is 1. The molecule has 1 saturated heterocycles. The van der Waals surface area contributed by atoms with Gasteiger partial charge in [-0.15, -0.1) is 0 Å². The average molecular weight is 538 g/mol. The van der Waals surface area contributed by atoms with E-state index < -0.39 is 6.04 Å². The van der Waals surface area contributed by atoms with Crippen molar-refractivity contribution in [2.24, 2.45) is 21.3 Å². The number of dihydropyridines is 1. The predicted molar refractivity (Wildman–Crippen MR) is 149 cm³/mol. The molecule has 9 heteroatoms. The second-order valence-electron chi connectivity index (χ2n) is 12.1. The first-order valence-corrected chi connectivity index (χ1v) is 13.8. The van der Waals surface area contributed by atoms with Crippen molar-refractivity contribution in [3.63, 3.8) is 0 Å². The minimum atomic E-state index is -0.683. The number of piperidine rings is 1. The molecule has 8 nitrogen and oxygen atoms in total. The Morgan fingerprint density at radius 3 is 2.61 bits per heavy atom. The number of benzene rings is 1. The van der Waals surface area contributed by atoms with Crippen LogP contribution in [0.4, 0.5) is 4.79 Å². The van der Waals surface area contributed by atoms with Crippen molar-refractivity contribution < 1.29 is 14.4 Å². The first-order chi connectivity index (χ1) is 18.0. The number of fused-ring (bicyclic) bond motifs is 3. The number of hydrogen-bond acceptors (Lipinski definition) is 5. The van der Waals surface area contributed by atoms with E-state index in [2.05, 4.69) is 36.1 Å². The summed E-state index contributed by atoms with van der Waals surface area (Å²) >= 11 is 6.60. The molecule has 1 N–H and O–H groups in total. The molecular weight excluding hydrogens is 502 g/mol. The van der Waals surface area contributed by atoms with Gasteiger partial charge in [0.25, 0.3) is 0 Å². The van der Waals surface area contributed by atoms with E-state index >= 15 is 0 Å². The molecular formula is C29H36ClN5O3. The highest BCUT2D eigenvalue weighted by Gasteiger charge is 2.36. The highest BCUT2D eigenvalue weighted by Crippen LogP contribution is 2.34. The zero-order valence-electron chi connectivity index (χ0n) is 22.6. The summed E-state index contributed by atoms with van der Waals surface area (Å²) < 4.78 is 0. The van der Waals surface area contributed by atoms with Gasteiger partial charge >= 0.3 is 6.03 Å². The van der Waals surface area contributed by atoms with Gasteiger partial charge in [-0.1, -0.05) is 32.4 Å². The Kier molecular flexibility index (Phi) is 7.20. The molecule has 0 bridgehead atoms. The zero-order valence-corrected chi connectivity index (χ0v) is 23.4. The summed E-state index contributed by atoms with van der Waals surface area (Å²) in [7, 11) is 0. The van der Waals surface area contributed by atoms with Gasteiger partial charge in [-0.05, 0) is 54.4 Å². The summed E-state index contributed by atoms with van der Waals surface area (Å²) in [6.45, 7) is 11.1. The first kappa shape index (κ1) is 26.6. The van der Waals surface area contributed by atoms with E-state index in [1.807, 2.05) is 30.2 Å². The van der Waals surface area contributed by atoms with E-state index in [9.17, 15) is 14.4 Å². The highest BCUT2D eigenvalue weighted by atomic mass is 35.5. The van der Waals surface area contributed by atoms with Crippen LogP contribution in [-0.4, -0.2) is 71.7 Å². The Hall–Kier alpha value is -3.00. The number of likely N-dealkylation sites (tertiary alicyclic amines) is 1. The van der Waals surface area contributed by atoms with Crippen molar-refractivity contribution in [2.45, 2.75) is 66.1 Å². The minimum Gasteiger partial charge on any atom is -0.336 e. The van der Waals surface area contributed by atoms with Gasteiger partial charge in [-0.2, -0.15) is 0 Å². The normalized spacial score (nSPS) is 22.1. The van der Waals surface area contributed by atoms with Crippen LogP contribution < -0.4 is 5.32 Å². The van der Waals surface area contributed by atoms with E-state index in [0.717, 1.165) is 46.4 Å². The Bertz CT molecular complexity index is 1270. The summed E-state index contributed by atoms with van der Waals surface area (Å²) in [5.41, 5.74) is 5.68. The summed E-state index contributed by atoms with van der Waals surface area (Å²) in [5, 5.41) is 3.71. The summed E-state index contributed by atoms with van der Waals surface area (Å²) in [5.74, 6) is 0.138. The summed E-state index contributed by atoms with van der Waals surface area (Å²) in [6, 6.07) is 1.03. The lowest BCUT2D eigenvalue weighted by molar-refractivity contribution is -0.134. The Balaban J connectivity index is 1.33. The maximum atomic E-state index is 13.8. The number of Topliss-reactive ketones (excluding diaryl/α,β-unsaturated/α-hetero) is 1. The lowest BCUT2D eigenvalue weighted by Crippen LogP contribution is -2.54. The van der Waals surface area contributed by atoms with Gasteiger partial charge in [0, 0.05) is 66.2 Å². The average Bonchev–Trinajstić information content (AvgIpc) is 3.32. The fourth-order valence-electron chi connectivity index (χ4n) is 5.96. The van der Waals surface area contributed by atoms with E-state index in [0.29, 0.717) is 44.2 Å². The van der Waals surface area contributed by atoms with Crippen LogP contribution in [0, 0.1) is 11.3 Å². The molecule has 0 spiro atoms. The number of ketones is 1. The molecule has 5 rings (SSSR count). The molecule has 3 amide bonds. The van der Waals surface area contributed by atoms with Crippen LogP contribution in [0.3, 0.4) is 0 Å². The molecule has 202 valence electrons. The number of allylic oxidation sites excluding steroid dienone is 1. The van der Waals surface area contributed by atoms with Crippen molar-refractivity contribution >= 4 is 41.2 Å². The second-order valence-corrected chi connectivity index (χ2v) is 12.5. The van der Waals surface area contributed by atoms with Gasteiger partial charge in [0.15, 0.2) is 5.78 Å². The van der Waals surface area contributed by atoms with Crippen molar-refractivity contribution in [1.82, 2.24) is 15.1 Å². The monoisotopic (exact) mass is 537 g/mol. The largest absolute Gasteiger partial charge is 0.336 e. The zero-order chi connectivity index (χ0) is 27.2. The molecule has 4 aliphatic rings. The number of nitrogens with one attached hydrogen (secondary N) is 1. The topological polar surface area (TPSA) is 94.4 Å². The number of carbonyl (C=O) groups excluding carboxylic acids is 3. The van der Waals surface area contributed by atoms with Crippen LogP contribution in [0.1, 0.15) is 62.8 Å². The standard InChI is InChI=1S/C29H36ClN5O3/c1-17-9-20(26(36)14-32-17)18-5-7-34(8-6-18)28(38)33-25-11-19-10-24(30)22-13-31-12-21(22)23(19)15-35(27(25)37)16-29(2,3)4/h9-10,12,18,25H,5-8,11,13-16H2,1-4H3,(H,33,38)/t25-/m0/s1. The number of amides is 3.